The van der Waals surface area contributed by atoms with E-state index in [1.54, 1.807) is 0 Å². The van der Waals surface area contributed by atoms with E-state index < -0.39 is 0 Å². The molecular weight excluding hydrogens is 258 g/mol. The summed E-state index contributed by atoms with van der Waals surface area (Å²) in [7, 11) is 1.96. The summed E-state index contributed by atoms with van der Waals surface area (Å²) in [4.78, 5) is 4.99. The van der Waals surface area contributed by atoms with Gasteiger partial charge in [-0.2, -0.15) is 0 Å². The van der Waals surface area contributed by atoms with Crippen LogP contribution in [0.25, 0.3) is 0 Å². The predicted molar refractivity (Wildman–Crippen MR) is 83.1 cm³/mol. The van der Waals surface area contributed by atoms with Gasteiger partial charge in [-0.15, -0.1) is 0 Å². The summed E-state index contributed by atoms with van der Waals surface area (Å²) in [5, 5.41) is 4.07. The Bertz CT molecular complexity index is 422. The van der Waals surface area contributed by atoms with Gasteiger partial charge in [0, 0.05) is 48.5 Å². The molecule has 0 aliphatic carbocycles. The number of hydrogen-bond donors (Lipinski definition) is 1. The van der Waals surface area contributed by atoms with E-state index in [-0.39, 0.29) is 0 Å². The molecule has 1 aromatic carbocycles. The lowest BCUT2D eigenvalue weighted by Crippen LogP contribution is -2.52. The third-order valence-corrected chi connectivity index (χ3v) is 4.31. The third kappa shape index (κ3) is 3.22. The first-order valence-electron chi connectivity index (χ1n) is 7.08. The summed E-state index contributed by atoms with van der Waals surface area (Å²) in [5.41, 5.74) is 2.49. The van der Waals surface area contributed by atoms with E-state index in [0.29, 0.717) is 6.04 Å². The molecule has 0 saturated carbocycles. The van der Waals surface area contributed by atoms with Crippen molar-refractivity contribution < 1.29 is 0 Å². The van der Waals surface area contributed by atoms with Crippen LogP contribution >= 0.6 is 11.6 Å². The first-order chi connectivity index (χ1) is 9.17. The van der Waals surface area contributed by atoms with Gasteiger partial charge in [-0.25, -0.2) is 0 Å². The van der Waals surface area contributed by atoms with Crippen molar-refractivity contribution in [3.63, 3.8) is 0 Å². The van der Waals surface area contributed by atoms with Gasteiger partial charge < -0.3 is 10.2 Å². The minimum absolute atomic E-state index is 0.597. The lowest BCUT2D eigenvalue weighted by atomic mass is 10.1. The molecule has 1 heterocycles. The summed E-state index contributed by atoms with van der Waals surface area (Å²) < 4.78 is 0. The van der Waals surface area contributed by atoms with Crippen molar-refractivity contribution in [3.8, 4) is 0 Å². The van der Waals surface area contributed by atoms with E-state index in [0.717, 1.165) is 37.7 Å². The number of likely N-dealkylation sites (N-methyl/N-ethyl adjacent to an activating group) is 1. The largest absolute Gasteiger partial charge is 0.368 e. The fraction of sp³-hybridized carbons (Fsp3) is 0.600. The van der Waals surface area contributed by atoms with Crippen LogP contribution in [0.15, 0.2) is 18.2 Å². The molecule has 1 aliphatic heterocycles. The lowest BCUT2D eigenvalue weighted by Gasteiger charge is -2.41. The Morgan fingerprint density at radius 1 is 1.37 bits per heavy atom. The second kappa shape index (κ2) is 6.60. The highest BCUT2D eigenvalue weighted by atomic mass is 35.5. The van der Waals surface area contributed by atoms with Gasteiger partial charge in [0.1, 0.15) is 0 Å². The Labute approximate surface area is 121 Å². The Balaban J connectivity index is 2.20. The van der Waals surface area contributed by atoms with E-state index in [9.17, 15) is 0 Å². The molecular formula is C15H24ClN3. The molecule has 1 saturated heterocycles. The van der Waals surface area contributed by atoms with Crippen molar-refractivity contribution in [2.45, 2.75) is 26.4 Å². The number of nitrogens with one attached hydrogen (secondary N) is 1. The molecule has 0 bridgehead atoms. The summed E-state index contributed by atoms with van der Waals surface area (Å²) in [6.45, 7) is 9.77. The second-order valence-electron chi connectivity index (χ2n) is 5.19. The minimum atomic E-state index is 0.597. The Hall–Kier alpha value is -0.770. The topological polar surface area (TPSA) is 18.5 Å². The molecule has 0 spiro atoms. The fourth-order valence-corrected chi connectivity index (χ4v) is 3.12. The Morgan fingerprint density at radius 2 is 2.16 bits per heavy atom. The molecule has 4 heteroatoms. The van der Waals surface area contributed by atoms with E-state index in [1.165, 1.54) is 11.3 Å². The normalized spacial score (nSPS) is 20.8. The maximum Gasteiger partial charge on any atom is 0.0471 e. The van der Waals surface area contributed by atoms with E-state index >= 15 is 0 Å². The SMILES string of the molecule is CCN1CCN(c2cccc(Cl)c2CNC)CC1C. The van der Waals surface area contributed by atoms with Crippen molar-refractivity contribution in [1.29, 1.82) is 0 Å². The van der Waals surface area contributed by atoms with Crippen molar-refractivity contribution in [2.75, 3.05) is 38.1 Å². The molecule has 0 amide bonds. The molecule has 2 rings (SSSR count). The van der Waals surface area contributed by atoms with E-state index in [1.807, 2.05) is 19.2 Å². The number of benzene rings is 1. The Morgan fingerprint density at radius 3 is 2.79 bits per heavy atom. The summed E-state index contributed by atoms with van der Waals surface area (Å²) >= 11 is 6.34. The molecule has 1 fully saturated rings. The molecule has 3 nitrogen and oxygen atoms in total. The third-order valence-electron chi connectivity index (χ3n) is 3.96. The highest BCUT2D eigenvalue weighted by Gasteiger charge is 2.24. The molecule has 1 aromatic rings. The average Bonchev–Trinajstić information content (AvgIpc) is 2.41. The average molecular weight is 282 g/mol. The van der Waals surface area contributed by atoms with Crippen molar-refractivity contribution in [3.05, 3.63) is 28.8 Å². The van der Waals surface area contributed by atoms with Crippen LogP contribution in [0.4, 0.5) is 5.69 Å². The highest BCUT2D eigenvalue weighted by Crippen LogP contribution is 2.29. The zero-order chi connectivity index (χ0) is 13.8. The van der Waals surface area contributed by atoms with Crippen LogP contribution in [0.1, 0.15) is 19.4 Å². The van der Waals surface area contributed by atoms with Crippen molar-refractivity contribution in [2.24, 2.45) is 0 Å². The van der Waals surface area contributed by atoms with Crippen molar-refractivity contribution >= 4 is 17.3 Å². The van der Waals surface area contributed by atoms with E-state index in [4.69, 9.17) is 11.6 Å². The van der Waals surface area contributed by atoms with Crippen LogP contribution in [0.3, 0.4) is 0 Å². The fourth-order valence-electron chi connectivity index (χ4n) is 2.88. The summed E-state index contributed by atoms with van der Waals surface area (Å²) in [6.07, 6.45) is 0. The van der Waals surface area contributed by atoms with Gasteiger partial charge >= 0.3 is 0 Å². The second-order valence-corrected chi connectivity index (χ2v) is 5.60. The molecule has 1 aliphatic rings. The number of piperazine rings is 1. The van der Waals surface area contributed by atoms with Gasteiger partial charge in [-0.3, -0.25) is 4.90 Å². The lowest BCUT2D eigenvalue weighted by molar-refractivity contribution is 0.199. The van der Waals surface area contributed by atoms with Gasteiger partial charge in [0.2, 0.25) is 0 Å². The number of rotatable bonds is 4. The Kier molecular flexibility index (Phi) is 5.08. The number of nitrogens with zero attached hydrogens (tertiary/aromatic N) is 2. The maximum atomic E-state index is 6.34. The molecule has 1 atom stereocenters. The van der Waals surface area contributed by atoms with Crippen LogP contribution < -0.4 is 10.2 Å². The molecule has 1 N–H and O–H groups in total. The molecule has 106 valence electrons. The highest BCUT2D eigenvalue weighted by molar-refractivity contribution is 6.31. The first kappa shape index (κ1) is 14.6. The minimum Gasteiger partial charge on any atom is -0.368 e. The van der Waals surface area contributed by atoms with Gasteiger partial charge in [0.15, 0.2) is 0 Å². The molecule has 0 aromatic heterocycles. The summed E-state index contributed by atoms with van der Waals surface area (Å²) in [5.74, 6) is 0. The maximum absolute atomic E-state index is 6.34. The monoisotopic (exact) mass is 281 g/mol. The zero-order valence-corrected chi connectivity index (χ0v) is 12.9. The molecule has 19 heavy (non-hydrogen) atoms. The van der Waals surface area contributed by atoms with Crippen LogP contribution in [-0.4, -0.2) is 44.2 Å². The van der Waals surface area contributed by atoms with Gasteiger partial charge in [-0.1, -0.05) is 24.6 Å². The number of halogens is 1. The van der Waals surface area contributed by atoms with Gasteiger partial charge in [0.25, 0.3) is 0 Å². The predicted octanol–water partition coefficient (Wildman–Crippen LogP) is 2.59. The zero-order valence-electron chi connectivity index (χ0n) is 12.1. The molecule has 1 unspecified atom stereocenters. The van der Waals surface area contributed by atoms with Gasteiger partial charge in [-0.05, 0) is 32.6 Å². The van der Waals surface area contributed by atoms with Crippen molar-refractivity contribution in [1.82, 2.24) is 10.2 Å². The number of hydrogen-bond acceptors (Lipinski definition) is 3. The standard InChI is InChI=1S/C15H24ClN3/c1-4-18-8-9-19(11-12(18)2)15-7-5-6-14(16)13(15)10-17-3/h5-7,12,17H,4,8-11H2,1-3H3. The molecule has 0 radical (unpaired) electrons. The van der Waals surface area contributed by atoms with E-state index in [2.05, 4.69) is 35.0 Å². The van der Waals surface area contributed by atoms with Crippen LogP contribution in [-0.2, 0) is 6.54 Å². The van der Waals surface area contributed by atoms with Crippen LogP contribution in [0, 0.1) is 0 Å². The summed E-state index contributed by atoms with van der Waals surface area (Å²) in [6, 6.07) is 6.81. The number of anilines is 1. The van der Waals surface area contributed by atoms with Crippen LogP contribution in [0.5, 0.6) is 0 Å². The van der Waals surface area contributed by atoms with Gasteiger partial charge in [0.05, 0.1) is 0 Å². The quantitative estimate of drug-likeness (QED) is 0.915. The first-order valence-corrected chi connectivity index (χ1v) is 7.46. The van der Waals surface area contributed by atoms with Crippen LogP contribution in [0.2, 0.25) is 5.02 Å². The smallest absolute Gasteiger partial charge is 0.0471 e.